The minimum absolute atomic E-state index is 0.191. The number of halogens is 1. The number of hydrogen-bond donors (Lipinski definition) is 1. The molecule has 1 N–H and O–H groups in total. The van der Waals surface area contributed by atoms with Crippen molar-refractivity contribution in [3.8, 4) is 6.07 Å². The number of Topliss-reactive ketones (excluding diaryl/α,β-unsaturated/α-hetero) is 1. The molecule has 5 heteroatoms. The molecule has 1 rings (SSSR count). The molecule has 4 nitrogen and oxygen atoms in total. The standard InChI is InChI=1S/C11H8FNO3/c12-9-4-2-1-3-8(9)10(14)5-7(6-13)11(15)16/h1-4,7H,5H2,(H,15,16). The lowest BCUT2D eigenvalue weighted by molar-refractivity contribution is -0.139. The van der Waals surface area contributed by atoms with Crippen LogP contribution in [-0.2, 0) is 4.79 Å². The van der Waals surface area contributed by atoms with Crippen molar-refractivity contribution in [1.82, 2.24) is 0 Å². The molecular formula is C11H8FNO3. The van der Waals surface area contributed by atoms with Gasteiger partial charge >= 0.3 is 5.97 Å². The molecule has 0 saturated carbocycles. The molecule has 1 aromatic rings. The Labute approximate surface area is 90.9 Å². The minimum atomic E-state index is -1.44. The van der Waals surface area contributed by atoms with E-state index in [1.807, 2.05) is 0 Å². The van der Waals surface area contributed by atoms with Gasteiger partial charge < -0.3 is 5.11 Å². The van der Waals surface area contributed by atoms with E-state index < -0.39 is 29.9 Å². The summed E-state index contributed by atoms with van der Waals surface area (Å²) in [6, 6.07) is 6.74. The first kappa shape index (κ1) is 11.9. The number of nitriles is 1. The molecule has 1 atom stereocenters. The molecule has 0 radical (unpaired) electrons. The van der Waals surface area contributed by atoms with Crippen LogP contribution < -0.4 is 0 Å². The topological polar surface area (TPSA) is 78.2 Å². The molecule has 0 aliphatic heterocycles. The smallest absolute Gasteiger partial charge is 0.321 e. The van der Waals surface area contributed by atoms with Gasteiger partial charge in [0.25, 0.3) is 0 Å². The van der Waals surface area contributed by atoms with Crippen LogP contribution in [-0.4, -0.2) is 16.9 Å². The summed E-state index contributed by atoms with van der Waals surface area (Å²) >= 11 is 0. The summed E-state index contributed by atoms with van der Waals surface area (Å²) in [6.45, 7) is 0. The van der Waals surface area contributed by atoms with Crippen molar-refractivity contribution < 1.29 is 19.1 Å². The molecule has 82 valence electrons. The highest BCUT2D eigenvalue weighted by molar-refractivity contribution is 5.98. The lowest BCUT2D eigenvalue weighted by Crippen LogP contribution is -2.16. The predicted molar refractivity (Wildman–Crippen MR) is 52.1 cm³/mol. The molecule has 0 fully saturated rings. The Morgan fingerprint density at radius 2 is 2.06 bits per heavy atom. The summed E-state index contributed by atoms with van der Waals surface area (Å²) in [6.07, 6.45) is -0.521. The number of rotatable bonds is 4. The predicted octanol–water partition coefficient (Wildman–Crippen LogP) is 1.62. The normalized spacial score (nSPS) is 11.5. The number of nitrogens with zero attached hydrogens (tertiary/aromatic N) is 1. The lowest BCUT2D eigenvalue weighted by atomic mass is 9.99. The molecule has 0 aliphatic carbocycles. The SMILES string of the molecule is N#CC(CC(=O)c1ccccc1F)C(=O)O. The summed E-state index contributed by atoms with van der Waals surface area (Å²) in [7, 11) is 0. The van der Waals surface area contributed by atoms with E-state index in [9.17, 15) is 14.0 Å². The zero-order valence-corrected chi connectivity index (χ0v) is 8.18. The highest BCUT2D eigenvalue weighted by atomic mass is 19.1. The number of carboxylic acid groups (broad SMARTS) is 1. The quantitative estimate of drug-likeness (QED) is 0.783. The van der Waals surface area contributed by atoms with E-state index in [0.717, 1.165) is 6.07 Å². The molecule has 1 aromatic carbocycles. The first-order valence-electron chi connectivity index (χ1n) is 4.46. The molecule has 16 heavy (non-hydrogen) atoms. The van der Waals surface area contributed by atoms with Crippen LogP contribution in [0.2, 0.25) is 0 Å². The zero-order valence-electron chi connectivity index (χ0n) is 8.18. The zero-order chi connectivity index (χ0) is 12.1. The molecule has 0 amide bonds. The number of ketones is 1. The average molecular weight is 221 g/mol. The maximum atomic E-state index is 13.1. The number of carboxylic acids is 1. The number of aliphatic carboxylic acids is 1. The maximum Gasteiger partial charge on any atom is 0.321 e. The van der Waals surface area contributed by atoms with Gasteiger partial charge in [-0.2, -0.15) is 5.26 Å². The van der Waals surface area contributed by atoms with E-state index in [1.54, 1.807) is 0 Å². The van der Waals surface area contributed by atoms with Crippen molar-refractivity contribution in [2.75, 3.05) is 0 Å². The number of carbonyl (C=O) groups excluding carboxylic acids is 1. The Hall–Kier alpha value is -2.22. The summed E-state index contributed by atoms with van der Waals surface area (Å²) < 4.78 is 13.1. The Bertz CT molecular complexity index is 465. The minimum Gasteiger partial charge on any atom is -0.480 e. The van der Waals surface area contributed by atoms with E-state index >= 15 is 0 Å². The molecule has 0 bridgehead atoms. The molecule has 0 heterocycles. The fourth-order valence-corrected chi connectivity index (χ4v) is 1.17. The van der Waals surface area contributed by atoms with Gasteiger partial charge in [0.15, 0.2) is 11.7 Å². The molecule has 0 saturated heterocycles. The van der Waals surface area contributed by atoms with Gasteiger partial charge in [-0.3, -0.25) is 9.59 Å². The molecule has 0 spiro atoms. The van der Waals surface area contributed by atoms with Crippen LogP contribution in [0.15, 0.2) is 24.3 Å². The summed E-state index contributed by atoms with van der Waals surface area (Å²) in [4.78, 5) is 22.0. The number of carbonyl (C=O) groups is 2. The van der Waals surface area contributed by atoms with Crippen LogP contribution in [0.1, 0.15) is 16.8 Å². The first-order valence-corrected chi connectivity index (χ1v) is 4.46. The van der Waals surface area contributed by atoms with Crippen molar-refractivity contribution in [1.29, 1.82) is 5.26 Å². The molecule has 0 aromatic heterocycles. The highest BCUT2D eigenvalue weighted by Crippen LogP contribution is 2.13. The molecular weight excluding hydrogens is 213 g/mol. The maximum absolute atomic E-state index is 13.1. The van der Waals surface area contributed by atoms with Gasteiger partial charge in [0, 0.05) is 6.42 Å². The Morgan fingerprint density at radius 1 is 1.44 bits per heavy atom. The van der Waals surface area contributed by atoms with Crippen molar-refractivity contribution in [3.05, 3.63) is 35.6 Å². The van der Waals surface area contributed by atoms with E-state index in [4.69, 9.17) is 10.4 Å². The van der Waals surface area contributed by atoms with Crippen molar-refractivity contribution in [2.45, 2.75) is 6.42 Å². The van der Waals surface area contributed by atoms with Crippen LogP contribution in [0.5, 0.6) is 0 Å². The third kappa shape index (κ3) is 2.64. The second kappa shape index (κ2) is 5.03. The van der Waals surface area contributed by atoms with Gasteiger partial charge in [0.05, 0.1) is 11.6 Å². The van der Waals surface area contributed by atoms with Gasteiger partial charge in [0.2, 0.25) is 0 Å². The van der Waals surface area contributed by atoms with Gasteiger partial charge in [-0.1, -0.05) is 12.1 Å². The number of benzene rings is 1. The second-order valence-corrected chi connectivity index (χ2v) is 3.13. The Balaban J connectivity index is 2.85. The lowest BCUT2D eigenvalue weighted by Gasteiger charge is -2.03. The largest absolute Gasteiger partial charge is 0.480 e. The van der Waals surface area contributed by atoms with Crippen LogP contribution >= 0.6 is 0 Å². The van der Waals surface area contributed by atoms with Crippen LogP contribution in [0.25, 0.3) is 0 Å². The van der Waals surface area contributed by atoms with Gasteiger partial charge in [-0.15, -0.1) is 0 Å². The van der Waals surface area contributed by atoms with Gasteiger partial charge in [0.1, 0.15) is 5.82 Å². The second-order valence-electron chi connectivity index (χ2n) is 3.13. The van der Waals surface area contributed by atoms with Gasteiger partial charge in [-0.05, 0) is 12.1 Å². The Morgan fingerprint density at radius 3 is 2.56 bits per heavy atom. The number of hydrogen-bond acceptors (Lipinski definition) is 3. The monoisotopic (exact) mass is 221 g/mol. The van der Waals surface area contributed by atoms with E-state index in [2.05, 4.69) is 0 Å². The van der Waals surface area contributed by atoms with Crippen LogP contribution in [0, 0.1) is 23.1 Å². The van der Waals surface area contributed by atoms with Crippen molar-refractivity contribution in [2.24, 2.45) is 5.92 Å². The summed E-state index contributed by atoms with van der Waals surface area (Å²) in [5, 5.41) is 17.1. The van der Waals surface area contributed by atoms with Crippen molar-refractivity contribution >= 4 is 11.8 Å². The molecule has 0 aliphatic rings. The van der Waals surface area contributed by atoms with E-state index in [-0.39, 0.29) is 5.56 Å². The van der Waals surface area contributed by atoms with Crippen LogP contribution in [0.3, 0.4) is 0 Å². The fraction of sp³-hybridized carbons (Fsp3) is 0.182. The van der Waals surface area contributed by atoms with E-state index in [0.29, 0.717) is 0 Å². The molecule has 1 unspecified atom stereocenters. The van der Waals surface area contributed by atoms with Crippen molar-refractivity contribution in [3.63, 3.8) is 0 Å². The average Bonchev–Trinajstić information content (AvgIpc) is 2.25. The third-order valence-electron chi connectivity index (χ3n) is 2.02. The fourth-order valence-electron chi connectivity index (χ4n) is 1.17. The first-order chi connectivity index (χ1) is 7.56. The van der Waals surface area contributed by atoms with Gasteiger partial charge in [-0.25, -0.2) is 4.39 Å². The highest BCUT2D eigenvalue weighted by Gasteiger charge is 2.22. The summed E-state index contributed by atoms with van der Waals surface area (Å²) in [5.74, 6) is -4.22. The summed E-state index contributed by atoms with van der Waals surface area (Å²) in [5.41, 5.74) is -0.191. The Kier molecular flexibility index (Phi) is 3.72. The van der Waals surface area contributed by atoms with Crippen LogP contribution in [0.4, 0.5) is 4.39 Å². The van der Waals surface area contributed by atoms with E-state index in [1.165, 1.54) is 24.3 Å². The third-order valence-corrected chi connectivity index (χ3v) is 2.02.